The third-order valence-corrected chi connectivity index (χ3v) is 6.03. The molecular weight excluding hydrogens is 348 g/mol. The van der Waals surface area contributed by atoms with Crippen molar-refractivity contribution >= 4 is 49.7 Å². The van der Waals surface area contributed by atoms with Crippen LogP contribution >= 0.6 is 39.7 Å². The zero-order valence-corrected chi connectivity index (χ0v) is 13.0. The van der Waals surface area contributed by atoms with Crippen molar-refractivity contribution in [3.8, 4) is 0 Å². The molecule has 1 unspecified atom stereocenters. The summed E-state index contributed by atoms with van der Waals surface area (Å²) in [6.45, 7) is 1.45. The summed E-state index contributed by atoms with van der Waals surface area (Å²) in [5.41, 5.74) is 0. The molecule has 0 spiro atoms. The Morgan fingerprint density at radius 1 is 1.53 bits per heavy atom. The van der Waals surface area contributed by atoms with E-state index in [1.807, 2.05) is 0 Å². The minimum Gasteiger partial charge on any atom is -0.313 e. The maximum atomic E-state index is 11.9. The van der Waals surface area contributed by atoms with Crippen LogP contribution in [0, 0.1) is 0 Å². The van der Waals surface area contributed by atoms with Crippen molar-refractivity contribution in [2.75, 3.05) is 13.1 Å². The maximum absolute atomic E-state index is 11.9. The first-order valence-electron chi connectivity index (χ1n) is 5.06. The second kappa shape index (κ2) is 6.49. The molecule has 2 N–H and O–H groups in total. The fourth-order valence-electron chi connectivity index (χ4n) is 1.65. The quantitative estimate of drug-likeness (QED) is 0.862. The molecular formula is C9H14BrClN2O2S2. The van der Waals surface area contributed by atoms with Gasteiger partial charge >= 0.3 is 0 Å². The highest BCUT2D eigenvalue weighted by Gasteiger charge is 2.20. The molecule has 8 heteroatoms. The van der Waals surface area contributed by atoms with Gasteiger partial charge < -0.3 is 5.32 Å². The summed E-state index contributed by atoms with van der Waals surface area (Å²) in [6.07, 6.45) is 2.16. The number of sulfonamides is 1. The molecule has 0 bridgehead atoms. The molecule has 1 aliphatic heterocycles. The van der Waals surface area contributed by atoms with Crippen LogP contribution in [0.2, 0.25) is 0 Å². The van der Waals surface area contributed by atoms with E-state index in [0.29, 0.717) is 10.8 Å². The second-order valence-electron chi connectivity index (χ2n) is 3.70. The molecule has 0 amide bonds. The molecule has 0 aromatic carbocycles. The Kier molecular flexibility index (Phi) is 5.88. The van der Waals surface area contributed by atoms with Gasteiger partial charge in [0, 0.05) is 12.6 Å². The van der Waals surface area contributed by atoms with Crippen molar-refractivity contribution in [2.24, 2.45) is 0 Å². The molecule has 1 aromatic rings. The number of rotatable bonds is 4. The largest absolute Gasteiger partial charge is 0.313 e. The molecule has 0 aliphatic carbocycles. The Hall–Kier alpha value is 0.340. The number of hydrogen-bond acceptors (Lipinski definition) is 4. The van der Waals surface area contributed by atoms with Crippen molar-refractivity contribution in [1.82, 2.24) is 10.0 Å². The van der Waals surface area contributed by atoms with Crippen LogP contribution in [-0.4, -0.2) is 27.5 Å². The highest BCUT2D eigenvalue weighted by Crippen LogP contribution is 2.25. The van der Waals surface area contributed by atoms with Crippen LogP contribution in [0.3, 0.4) is 0 Å². The lowest BCUT2D eigenvalue weighted by Gasteiger charge is -2.10. The summed E-state index contributed by atoms with van der Waals surface area (Å²) in [7, 11) is -3.33. The van der Waals surface area contributed by atoms with Gasteiger partial charge in [0.1, 0.15) is 4.21 Å². The summed E-state index contributed by atoms with van der Waals surface area (Å²) in [6, 6.07) is 3.63. The average Bonchev–Trinajstić information content (AvgIpc) is 2.85. The van der Waals surface area contributed by atoms with E-state index in [4.69, 9.17) is 0 Å². The Morgan fingerprint density at radius 2 is 2.29 bits per heavy atom. The summed E-state index contributed by atoms with van der Waals surface area (Å²) in [5, 5.41) is 3.25. The van der Waals surface area contributed by atoms with Crippen molar-refractivity contribution in [3.63, 3.8) is 0 Å². The van der Waals surface area contributed by atoms with Gasteiger partial charge in [0.25, 0.3) is 0 Å². The molecule has 0 saturated carbocycles. The zero-order valence-electron chi connectivity index (χ0n) is 8.98. The first-order chi connectivity index (χ1) is 7.58. The van der Waals surface area contributed by atoms with E-state index in [9.17, 15) is 8.42 Å². The number of halogens is 2. The van der Waals surface area contributed by atoms with Crippen molar-refractivity contribution in [3.05, 3.63) is 15.9 Å². The standard InChI is InChI=1S/C9H13BrN2O2S2.ClH/c10-8-3-4-9(15-8)16(13,14)12-6-7-2-1-5-11-7;/h3-4,7,11-12H,1-2,5-6H2;1H. The fourth-order valence-corrected chi connectivity index (χ4v) is 4.79. The fraction of sp³-hybridized carbons (Fsp3) is 0.556. The lowest BCUT2D eigenvalue weighted by Crippen LogP contribution is -2.36. The molecule has 4 nitrogen and oxygen atoms in total. The Morgan fingerprint density at radius 3 is 2.82 bits per heavy atom. The number of hydrogen-bond donors (Lipinski definition) is 2. The number of thiophene rings is 1. The van der Waals surface area contributed by atoms with Crippen LogP contribution < -0.4 is 10.0 Å². The Labute approximate surface area is 120 Å². The van der Waals surface area contributed by atoms with Crippen LogP contribution in [0.25, 0.3) is 0 Å². The van der Waals surface area contributed by atoms with Crippen molar-refractivity contribution in [1.29, 1.82) is 0 Å². The SMILES string of the molecule is Cl.O=S(=O)(NCC1CCCN1)c1ccc(Br)s1. The van der Waals surface area contributed by atoms with E-state index >= 15 is 0 Å². The lowest BCUT2D eigenvalue weighted by molar-refractivity contribution is 0.553. The highest BCUT2D eigenvalue weighted by molar-refractivity contribution is 9.11. The van der Waals surface area contributed by atoms with Gasteiger partial charge in [-0.15, -0.1) is 23.7 Å². The minimum atomic E-state index is -3.33. The molecule has 1 atom stereocenters. The van der Waals surface area contributed by atoms with Gasteiger partial charge in [-0.05, 0) is 47.4 Å². The van der Waals surface area contributed by atoms with Gasteiger partial charge in [0.05, 0.1) is 3.79 Å². The van der Waals surface area contributed by atoms with Gasteiger partial charge in [0.2, 0.25) is 10.0 Å². The number of nitrogens with one attached hydrogen (secondary N) is 2. The van der Waals surface area contributed by atoms with E-state index in [2.05, 4.69) is 26.0 Å². The molecule has 17 heavy (non-hydrogen) atoms. The molecule has 2 heterocycles. The van der Waals surface area contributed by atoms with Crippen molar-refractivity contribution in [2.45, 2.75) is 23.1 Å². The molecule has 0 radical (unpaired) electrons. The van der Waals surface area contributed by atoms with Crippen LogP contribution in [0.15, 0.2) is 20.1 Å². The highest BCUT2D eigenvalue weighted by atomic mass is 79.9. The molecule has 1 aromatic heterocycles. The van der Waals surface area contributed by atoms with Crippen LogP contribution in [0.5, 0.6) is 0 Å². The lowest BCUT2D eigenvalue weighted by atomic mass is 10.2. The minimum absolute atomic E-state index is 0. The van der Waals surface area contributed by atoms with E-state index < -0.39 is 10.0 Å². The Bertz CT molecular complexity index is 457. The van der Waals surface area contributed by atoms with Crippen molar-refractivity contribution < 1.29 is 8.42 Å². The van der Waals surface area contributed by atoms with E-state index in [-0.39, 0.29) is 18.4 Å². The molecule has 2 rings (SSSR count). The van der Waals surface area contributed by atoms with Crippen LogP contribution in [-0.2, 0) is 10.0 Å². The predicted molar refractivity (Wildman–Crippen MR) is 75.5 cm³/mol. The summed E-state index contributed by atoms with van der Waals surface area (Å²) >= 11 is 4.48. The van der Waals surface area contributed by atoms with Crippen LogP contribution in [0.4, 0.5) is 0 Å². The first kappa shape index (κ1) is 15.4. The second-order valence-corrected chi connectivity index (χ2v) is 8.16. The summed E-state index contributed by atoms with van der Waals surface area (Å²) in [5.74, 6) is 0. The van der Waals surface area contributed by atoms with Gasteiger partial charge in [0.15, 0.2) is 0 Å². The molecule has 1 saturated heterocycles. The molecule has 1 aliphatic rings. The third kappa shape index (κ3) is 4.18. The topological polar surface area (TPSA) is 58.2 Å². The first-order valence-corrected chi connectivity index (χ1v) is 8.15. The van der Waals surface area contributed by atoms with Gasteiger partial charge in [-0.1, -0.05) is 0 Å². The average molecular weight is 362 g/mol. The zero-order chi connectivity index (χ0) is 11.6. The molecule has 1 fully saturated rings. The molecule has 98 valence electrons. The monoisotopic (exact) mass is 360 g/mol. The van der Waals surface area contributed by atoms with Gasteiger partial charge in [-0.2, -0.15) is 0 Å². The third-order valence-electron chi connectivity index (χ3n) is 2.50. The summed E-state index contributed by atoms with van der Waals surface area (Å²) in [4.78, 5) is 0. The smallest absolute Gasteiger partial charge is 0.250 e. The summed E-state index contributed by atoms with van der Waals surface area (Å²) < 4.78 is 27.5. The predicted octanol–water partition coefficient (Wildman–Crippen LogP) is 1.96. The van der Waals surface area contributed by atoms with Gasteiger partial charge in [-0.25, -0.2) is 13.1 Å². The normalized spacial score (nSPS) is 20.2. The van der Waals surface area contributed by atoms with E-state index in [1.165, 1.54) is 11.3 Å². The van der Waals surface area contributed by atoms with Gasteiger partial charge in [-0.3, -0.25) is 0 Å². The van der Waals surface area contributed by atoms with Crippen LogP contribution in [0.1, 0.15) is 12.8 Å². The maximum Gasteiger partial charge on any atom is 0.250 e. The van der Waals surface area contributed by atoms with E-state index in [0.717, 1.165) is 23.2 Å². The van der Waals surface area contributed by atoms with E-state index in [1.54, 1.807) is 12.1 Å². The Balaban J connectivity index is 0.00000144.